The van der Waals surface area contributed by atoms with E-state index in [2.05, 4.69) is 25.5 Å². The molecule has 6 heteroatoms. The molecule has 1 saturated heterocycles. The average Bonchev–Trinajstić information content (AvgIpc) is 2.55. The number of hydrogen-bond donors (Lipinski definition) is 2. The zero-order valence-corrected chi connectivity index (χ0v) is 9.94. The lowest BCUT2D eigenvalue weighted by atomic mass is 10.3. The van der Waals surface area contributed by atoms with Gasteiger partial charge >= 0.3 is 0 Å². The number of nitrogens with zero attached hydrogens (tertiary/aromatic N) is 3. The van der Waals surface area contributed by atoms with Gasteiger partial charge in [0, 0.05) is 38.8 Å². The normalized spacial score (nSPS) is 16.3. The van der Waals surface area contributed by atoms with E-state index in [1.165, 1.54) is 0 Å². The monoisotopic (exact) mass is 235 g/mol. The van der Waals surface area contributed by atoms with Gasteiger partial charge in [0.15, 0.2) is 0 Å². The Morgan fingerprint density at radius 1 is 1.53 bits per heavy atom. The highest BCUT2D eigenvalue weighted by Gasteiger charge is 2.14. The third-order valence-corrected chi connectivity index (χ3v) is 2.61. The topological polar surface area (TPSA) is 70.2 Å². The molecule has 2 N–H and O–H groups in total. The van der Waals surface area contributed by atoms with Crippen LogP contribution < -0.4 is 15.5 Å². The molecule has 0 aliphatic carbocycles. The maximum absolute atomic E-state index is 11.2. The van der Waals surface area contributed by atoms with Gasteiger partial charge in [-0.1, -0.05) is 0 Å². The molecule has 1 aromatic rings. The van der Waals surface area contributed by atoms with Crippen LogP contribution in [0.2, 0.25) is 0 Å². The van der Waals surface area contributed by atoms with Crippen LogP contribution >= 0.6 is 0 Å². The smallest absolute Gasteiger partial charge is 0.224 e. The summed E-state index contributed by atoms with van der Waals surface area (Å²) in [6.07, 6.45) is 2.25. The van der Waals surface area contributed by atoms with E-state index in [1.54, 1.807) is 6.20 Å². The predicted octanol–water partition coefficient (Wildman–Crippen LogP) is 0.235. The molecule has 0 aromatic carbocycles. The molecule has 1 aliphatic heterocycles. The van der Waals surface area contributed by atoms with Gasteiger partial charge in [-0.25, -0.2) is 4.98 Å². The fourth-order valence-corrected chi connectivity index (χ4v) is 1.76. The molecule has 1 amide bonds. The van der Waals surface area contributed by atoms with Crippen molar-refractivity contribution in [3.63, 3.8) is 0 Å². The van der Waals surface area contributed by atoms with Crippen LogP contribution in [0.5, 0.6) is 0 Å². The fourth-order valence-electron chi connectivity index (χ4n) is 1.76. The lowest BCUT2D eigenvalue weighted by molar-refractivity contribution is -0.120. The second-order valence-corrected chi connectivity index (χ2v) is 3.86. The van der Waals surface area contributed by atoms with Crippen LogP contribution in [0.25, 0.3) is 0 Å². The van der Waals surface area contributed by atoms with Crippen molar-refractivity contribution in [3.8, 4) is 0 Å². The summed E-state index contributed by atoms with van der Waals surface area (Å²) in [5.41, 5.74) is 0. The van der Waals surface area contributed by atoms with Crippen LogP contribution in [0.3, 0.4) is 0 Å². The van der Waals surface area contributed by atoms with E-state index < -0.39 is 0 Å². The Morgan fingerprint density at radius 2 is 2.41 bits per heavy atom. The number of nitrogens with one attached hydrogen (secondary N) is 2. The lowest BCUT2D eigenvalue weighted by Crippen LogP contribution is -2.29. The fraction of sp³-hybridized carbons (Fsp3) is 0.545. The Hall–Kier alpha value is -1.85. The minimum absolute atomic E-state index is 0.105. The number of carbonyl (C=O) groups excluding carboxylic acids is 1. The van der Waals surface area contributed by atoms with Gasteiger partial charge < -0.3 is 15.5 Å². The van der Waals surface area contributed by atoms with Crippen LogP contribution in [0, 0.1) is 0 Å². The molecule has 0 radical (unpaired) electrons. The van der Waals surface area contributed by atoms with E-state index in [4.69, 9.17) is 0 Å². The van der Waals surface area contributed by atoms with Crippen molar-refractivity contribution in [2.24, 2.45) is 0 Å². The summed E-state index contributed by atoms with van der Waals surface area (Å²) in [6, 6.07) is 1.87. The Morgan fingerprint density at radius 3 is 3.24 bits per heavy atom. The average molecular weight is 235 g/mol. The van der Waals surface area contributed by atoms with Gasteiger partial charge in [-0.2, -0.15) is 4.98 Å². The molecular formula is C11H17N5O. The minimum Gasteiger partial charge on any atom is -0.354 e. The first-order chi connectivity index (χ1) is 8.29. The molecule has 17 heavy (non-hydrogen) atoms. The van der Waals surface area contributed by atoms with E-state index in [-0.39, 0.29) is 5.91 Å². The maximum atomic E-state index is 11.2. The number of rotatable bonds is 3. The van der Waals surface area contributed by atoms with Crippen LogP contribution in [-0.2, 0) is 4.79 Å². The SMILES string of the molecule is CCNc1nccc(N2CCNC(=O)CC2)n1. The summed E-state index contributed by atoms with van der Waals surface area (Å²) in [5, 5.41) is 5.92. The number of carbonyl (C=O) groups is 1. The number of amides is 1. The highest BCUT2D eigenvalue weighted by atomic mass is 16.1. The zero-order valence-electron chi connectivity index (χ0n) is 9.94. The lowest BCUT2D eigenvalue weighted by Gasteiger charge is -2.20. The summed E-state index contributed by atoms with van der Waals surface area (Å²) in [7, 11) is 0. The quantitative estimate of drug-likeness (QED) is 0.785. The van der Waals surface area contributed by atoms with Crippen molar-refractivity contribution >= 4 is 17.7 Å². The van der Waals surface area contributed by atoms with Crippen molar-refractivity contribution in [2.45, 2.75) is 13.3 Å². The van der Waals surface area contributed by atoms with Crippen molar-refractivity contribution in [1.29, 1.82) is 0 Å². The number of anilines is 2. The van der Waals surface area contributed by atoms with Crippen LogP contribution in [0.4, 0.5) is 11.8 Å². The third-order valence-electron chi connectivity index (χ3n) is 2.61. The third kappa shape index (κ3) is 3.05. The Kier molecular flexibility index (Phi) is 3.74. The molecule has 0 bridgehead atoms. The molecule has 0 spiro atoms. The molecule has 1 aliphatic rings. The van der Waals surface area contributed by atoms with Gasteiger partial charge in [0.1, 0.15) is 5.82 Å². The Bertz CT molecular complexity index is 395. The summed E-state index contributed by atoms with van der Waals surface area (Å²) >= 11 is 0. The molecule has 6 nitrogen and oxygen atoms in total. The molecule has 1 aromatic heterocycles. The van der Waals surface area contributed by atoms with Crippen LogP contribution in [-0.4, -0.2) is 42.1 Å². The van der Waals surface area contributed by atoms with Gasteiger partial charge in [-0.15, -0.1) is 0 Å². The predicted molar refractivity (Wildman–Crippen MR) is 66.0 cm³/mol. The van der Waals surface area contributed by atoms with E-state index in [0.29, 0.717) is 25.5 Å². The van der Waals surface area contributed by atoms with Gasteiger partial charge in [0.05, 0.1) is 0 Å². The van der Waals surface area contributed by atoms with Crippen molar-refractivity contribution < 1.29 is 4.79 Å². The van der Waals surface area contributed by atoms with E-state index >= 15 is 0 Å². The minimum atomic E-state index is 0.105. The first-order valence-electron chi connectivity index (χ1n) is 5.88. The first kappa shape index (κ1) is 11.6. The van der Waals surface area contributed by atoms with Crippen LogP contribution in [0.1, 0.15) is 13.3 Å². The molecule has 2 rings (SSSR count). The number of hydrogen-bond acceptors (Lipinski definition) is 5. The zero-order chi connectivity index (χ0) is 12.1. The van der Waals surface area contributed by atoms with Gasteiger partial charge in [0.25, 0.3) is 0 Å². The molecule has 0 unspecified atom stereocenters. The molecule has 0 saturated carbocycles. The Balaban J connectivity index is 2.09. The highest BCUT2D eigenvalue weighted by molar-refractivity contribution is 5.77. The largest absolute Gasteiger partial charge is 0.354 e. The molecular weight excluding hydrogens is 218 g/mol. The summed E-state index contributed by atoms with van der Waals surface area (Å²) in [5.74, 6) is 1.61. The van der Waals surface area contributed by atoms with Crippen molar-refractivity contribution in [3.05, 3.63) is 12.3 Å². The molecule has 92 valence electrons. The first-order valence-corrected chi connectivity index (χ1v) is 5.88. The Labute approximate surface area is 100 Å². The van der Waals surface area contributed by atoms with E-state index in [0.717, 1.165) is 18.9 Å². The van der Waals surface area contributed by atoms with Crippen molar-refractivity contribution in [1.82, 2.24) is 15.3 Å². The summed E-state index contributed by atoms with van der Waals surface area (Å²) in [6.45, 7) is 4.95. The van der Waals surface area contributed by atoms with E-state index in [9.17, 15) is 4.79 Å². The summed E-state index contributed by atoms with van der Waals surface area (Å²) in [4.78, 5) is 21.9. The molecule has 2 heterocycles. The van der Waals surface area contributed by atoms with Gasteiger partial charge in [0.2, 0.25) is 11.9 Å². The highest BCUT2D eigenvalue weighted by Crippen LogP contribution is 2.13. The molecule has 0 atom stereocenters. The second kappa shape index (κ2) is 5.47. The van der Waals surface area contributed by atoms with E-state index in [1.807, 2.05) is 13.0 Å². The van der Waals surface area contributed by atoms with Gasteiger partial charge in [-0.05, 0) is 13.0 Å². The summed E-state index contributed by atoms with van der Waals surface area (Å²) < 4.78 is 0. The number of aromatic nitrogens is 2. The van der Waals surface area contributed by atoms with Gasteiger partial charge in [-0.3, -0.25) is 4.79 Å². The second-order valence-electron chi connectivity index (χ2n) is 3.86. The van der Waals surface area contributed by atoms with Crippen LogP contribution in [0.15, 0.2) is 12.3 Å². The van der Waals surface area contributed by atoms with Crippen molar-refractivity contribution in [2.75, 3.05) is 36.4 Å². The standard InChI is InChI=1S/C11H17N5O/c1-2-12-11-14-5-3-9(15-11)16-7-4-10(17)13-6-8-16/h3,5H,2,4,6-8H2,1H3,(H,13,17)(H,12,14,15). The molecule has 1 fully saturated rings. The maximum Gasteiger partial charge on any atom is 0.224 e.